The average molecular weight is 311 g/mol. The first-order valence-electron chi connectivity index (χ1n) is 7.49. The molecular weight excluding hydrogens is 298 g/mol. The molecule has 0 aromatic rings. The van der Waals surface area contributed by atoms with Crippen molar-refractivity contribution in [3.8, 4) is 0 Å². The molecule has 0 amide bonds. The Morgan fingerprint density at radius 1 is 0.625 bits per heavy atom. The molecule has 1 N–H and O–H groups in total. The van der Waals surface area contributed by atoms with Crippen LogP contribution in [-0.4, -0.2) is 29.2 Å². The lowest BCUT2D eigenvalue weighted by atomic mass is 10.2. The smallest absolute Gasteiger partial charge is 0.145 e. The van der Waals surface area contributed by atoms with Crippen LogP contribution in [0.25, 0.3) is 0 Å². The zero-order valence-electron chi connectivity index (χ0n) is 12.7. The van der Waals surface area contributed by atoms with Crippen molar-refractivity contribution in [2.45, 2.75) is 0 Å². The molecule has 0 aliphatic carbocycles. The van der Waals surface area contributed by atoms with Gasteiger partial charge in [0.1, 0.15) is 5.84 Å². The fourth-order valence-corrected chi connectivity index (χ4v) is 2.42. The highest BCUT2D eigenvalue weighted by Crippen LogP contribution is 2.16. The van der Waals surface area contributed by atoms with Crippen molar-refractivity contribution < 1.29 is 0 Å². The zero-order chi connectivity index (χ0) is 16.4. The molecule has 5 nitrogen and oxygen atoms in total. The van der Waals surface area contributed by atoms with Crippen LogP contribution in [0.2, 0.25) is 0 Å². The summed E-state index contributed by atoms with van der Waals surface area (Å²) in [5.74, 6) is 0.267. The van der Waals surface area contributed by atoms with Crippen molar-refractivity contribution in [1.29, 1.82) is 5.41 Å². The van der Waals surface area contributed by atoms with E-state index in [9.17, 15) is 0 Å². The molecule has 0 unspecified atom stereocenters. The van der Waals surface area contributed by atoms with Gasteiger partial charge in [-0.15, -0.1) is 0 Å². The van der Waals surface area contributed by atoms with Crippen LogP contribution < -0.4 is 0 Å². The standard InChI is InChI=1S/C19H13N5/c20-19-8-7-18(24-19)12-17-6-5-16(23-17)11-15-4-3-14(22-15)10-13-2-1-9-21-13/h1-12,20H. The Labute approximate surface area is 139 Å². The molecule has 114 valence electrons. The minimum atomic E-state index is 0.267. The van der Waals surface area contributed by atoms with Crippen LogP contribution in [0.4, 0.5) is 0 Å². The van der Waals surface area contributed by atoms with Crippen LogP contribution in [0.3, 0.4) is 0 Å². The predicted octanol–water partition coefficient (Wildman–Crippen LogP) is 3.29. The predicted molar refractivity (Wildman–Crippen MR) is 99.3 cm³/mol. The van der Waals surface area contributed by atoms with E-state index in [4.69, 9.17) is 5.41 Å². The molecule has 0 radical (unpaired) electrons. The van der Waals surface area contributed by atoms with Gasteiger partial charge in [-0.05, 0) is 66.8 Å². The lowest BCUT2D eigenvalue weighted by molar-refractivity contribution is 1.43. The summed E-state index contributed by atoms with van der Waals surface area (Å²) < 4.78 is 0. The summed E-state index contributed by atoms with van der Waals surface area (Å²) in [5.41, 5.74) is 5.04. The zero-order valence-corrected chi connectivity index (χ0v) is 12.7. The fraction of sp³-hybridized carbons (Fsp3) is 0. The molecule has 4 aliphatic heterocycles. The minimum absolute atomic E-state index is 0.267. The third-order valence-electron chi connectivity index (χ3n) is 3.49. The number of hydrogen-bond donors (Lipinski definition) is 1. The molecule has 24 heavy (non-hydrogen) atoms. The highest BCUT2D eigenvalue weighted by molar-refractivity contribution is 6.19. The average Bonchev–Trinajstić information content (AvgIpc) is 3.32. The number of allylic oxidation sites excluding steroid dienone is 10. The van der Waals surface area contributed by atoms with Gasteiger partial charge in [-0.1, -0.05) is 0 Å². The topological polar surface area (TPSA) is 73.3 Å². The Kier molecular flexibility index (Phi) is 3.51. The van der Waals surface area contributed by atoms with E-state index < -0.39 is 0 Å². The first-order chi connectivity index (χ1) is 11.7. The molecule has 0 aromatic carbocycles. The summed E-state index contributed by atoms with van der Waals surface area (Å²) in [6, 6.07) is 0. The van der Waals surface area contributed by atoms with Crippen LogP contribution in [0, 0.1) is 5.41 Å². The van der Waals surface area contributed by atoms with E-state index in [1.54, 1.807) is 18.4 Å². The van der Waals surface area contributed by atoms with Crippen molar-refractivity contribution in [2.24, 2.45) is 20.0 Å². The molecule has 0 saturated heterocycles. The van der Waals surface area contributed by atoms with E-state index in [2.05, 4.69) is 20.0 Å². The first-order valence-corrected chi connectivity index (χ1v) is 7.49. The highest BCUT2D eigenvalue weighted by atomic mass is 14.8. The Hall–Kier alpha value is -3.47. The van der Waals surface area contributed by atoms with Gasteiger partial charge in [0.25, 0.3) is 0 Å². The SMILES string of the molecule is N=C1C=CC(C=C2C=CC(C=C3C=CC(C=C4C=CC=N4)=N3)=N2)=N1. The molecule has 0 saturated carbocycles. The number of aliphatic imine (C=N–C) groups is 4. The maximum absolute atomic E-state index is 7.43. The van der Waals surface area contributed by atoms with Crippen LogP contribution in [-0.2, 0) is 0 Å². The van der Waals surface area contributed by atoms with Gasteiger partial charge in [0.2, 0.25) is 0 Å². The fourth-order valence-electron chi connectivity index (χ4n) is 2.42. The second-order valence-electron chi connectivity index (χ2n) is 5.34. The first kappa shape index (κ1) is 14.1. The van der Waals surface area contributed by atoms with Gasteiger partial charge in [0, 0.05) is 6.21 Å². The Morgan fingerprint density at radius 2 is 1.21 bits per heavy atom. The van der Waals surface area contributed by atoms with Gasteiger partial charge in [-0.3, -0.25) is 10.4 Å². The van der Waals surface area contributed by atoms with E-state index >= 15 is 0 Å². The molecule has 4 aliphatic rings. The number of nitrogens with zero attached hydrogens (tertiary/aromatic N) is 4. The van der Waals surface area contributed by atoms with Crippen molar-refractivity contribution >= 4 is 29.2 Å². The van der Waals surface area contributed by atoms with Gasteiger partial charge < -0.3 is 0 Å². The van der Waals surface area contributed by atoms with Crippen LogP contribution in [0.1, 0.15) is 0 Å². The van der Waals surface area contributed by atoms with Gasteiger partial charge in [-0.2, -0.15) is 0 Å². The second-order valence-corrected chi connectivity index (χ2v) is 5.34. The lowest BCUT2D eigenvalue weighted by Gasteiger charge is -1.92. The van der Waals surface area contributed by atoms with E-state index in [0.717, 1.165) is 34.2 Å². The van der Waals surface area contributed by atoms with Crippen LogP contribution in [0.5, 0.6) is 0 Å². The molecule has 4 rings (SSSR count). The Bertz CT molecular complexity index is 940. The third kappa shape index (κ3) is 3.15. The largest absolute Gasteiger partial charge is 0.283 e. The quantitative estimate of drug-likeness (QED) is 0.830. The molecule has 0 atom stereocenters. The molecule has 0 aromatic heterocycles. The Balaban J connectivity index is 1.50. The van der Waals surface area contributed by atoms with Crippen LogP contribution in [0.15, 0.2) is 104 Å². The van der Waals surface area contributed by atoms with E-state index in [1.807, 2.05) is 54.7 Å². The molecule has 0 bridgehead atoms. The van der Waals surface area contributed by atoms with Crippen LogP contribution >= 0.6 is 0 Å². The highest BCUT2D eigenvalue weighted by Gasteiger charge is 2.08. The summed E-state index contributed by atoms with van der Waals surface area (Å²) in [6.07, 6.45) is 22.6. The summed E-state index contributed by atoms with van der Waals surface area (Å²) in [7, 11) is 0. The minimum Gasteiger partial charge on any atom is -0.283 e. The van der Waals surface area contributed by atoms with Crippen molar-refractivity contribution in [2.75, 3.05) is 0 Å². The maximum atomic E-state index is 7.43. The number of rotatable bonds is 3. The number of amidine groups is 1. The van der Waals surface area contributed by atoms with E-state index in [1.165, 1.54) is 0 Å². The van der Waals surface area contributed by atoms with Crippen molar-refractivity contribution in [1.82, 2.24) is 0 Å². The molecule has 0 fully saturated rings. The summed E-state index contributed by atoms with van der Waals surface area (Å²) in [4.78, 5) is 17.3. The van der Waals surface area contributed by atoms with Gasteiger partial charge in [-0.25, -0.2) is 15.0 Å². The lowest BCUT2D eigenvalue weighted by Crippen LogP contribution is -1.88. The number of nitrogens with one attached hydrogen (secondary N) is 1. The second kappa shape index (κ2) is 5.96. The van der Waals surface area contributed by atoms with E-state index in [0.29, 0.717) is 0 Å². The third-order valence-corrected chi connectivity index (χ3v) is 3.49. The molecule has 0 spiro atoms. The molecular formula is C19H13N5. The molecule has 5 heteroatoms. The monoisotopic (exact) mass is 311 g/mol. The van der Waals surface area contributed by atoms with Gasteiger partial charge in [0.05, 0.1) is 34.2 Å². The molecule has 4 heterocycles. The maximum Gasteiger partial charge on any atom is 0.145 e. The van der Waals surface area contributed by atoms with Gasteiger partial charge >= 0.3 is 0 Å². The van der Waals surface area contributed by atoms with E-state index in [-0.39, 0.29) is 5.84 Å². The summed E-state index contributed by atoms with van der Waals surface area (Å²) in [5, 5.41) is 7.43. The normalized spacial score (nSPS) is 25.8. The van der Waals surface area contributed by atoms with Crippen molar-refractivity contribution in [3.05, 3.63) is 83.9 Å². The summed E-state index contributed by atoms with van der Waals surface area (Å²) >= 11 is 0. The van der Waals surface area contributed by atoms with Crippen molar-refractivity contribution in [3.63, 3.8) is 0 Å². The Morgan fingerprint density at radius 3 is 1.75 bits per heavy atom. The number of hydrogen-bond acceptors (Lipinski definition) is 4. The van der Waals surface area contributed by atoms with Gasteiger partial charge in [0.15, 0.2) is 0 Å². The summed E-state index contributed by atoms with van der Waals surface area (Å²) in [6.45, 7) is 0.